The van der Waals surface area contributed by atoms with Gasteiger partial charge < -0.3 is 4.18 Å². The average molecular weight is 388 g/mol. The summed E-state index contributed by atoms with van der Waals surface area (Å²) in [5, 5.41) is 0. The Labute approximate surface area is 135 Å². The molecule has 23 heavy (non-hydrogen) atoms. The van der Waals surface area contributed by atoms with Crippen molar-refractivity contribution in [1.29, 1.82) is 0 Å². The van der Waals surface area contributed by atoms with Crippen LogP contribution in [0.2, 0.25) is 0 Å². The van der Waals surface area contributed by atoms with Gasteiger partial charge in [0, 0.05) is 11.3 Å². The molecule has 0 rings (SSSR count). The van der Waals surface area contributed by atoms with Crippen LogP contribution in [0.25, 0.3) is 0 Å². The third-order valence-corrected chi connectivity index (χ3v) is 4.46. The number of thioether (sulfide) groups is 1. The summed E-state index contributed by atoms with van der Waals surface area (Å²) in [7, 11) is -5.99. The van der Waals surface area contributed by atoms with Crippen LogP contribution in [-0.4, -0.2) is 19.4 Å². The van der Waals surface area contributed by atoms with Crippen molar-refractivity contribution in [3.63, 3.8) is 0 Å². The second kappa shape index (κ2) is 9.05. The molecule has 0 saturated heterocycles. The van der Waals surface area contributed by atoms with Crippen LogP contribution in [-0.2, 0) is 14.3 Å². The summed E-state index contributed by atoms with van der Waals surface area (Å²) in [6.07, 6.45) is 0.910. The van der Waals surface area contributed by atoms with Gasteiger partial charge in [0.2, 0.25) is 0 Å². The smallest absolute Gasteiger partial charge is 0.380 e. The highest BCUT2D eigenvalue weighted by molar-refractivity contribution is 8.03. The second-order valence-corrected chi connectivity index (χ2v) is 7.28. The van der Waals surface area contributed by atoms with Gasteiger partial charge in [-0.05, 0) is 31.0 Å². The normalized spacial score (nSPS) is 14.6. The summed E-state index contributed by atoms with van der Waals surface area (Å²) in [6, 6.07) is 0. The van der Waals surface area contributed by atoms with Gasteiger partial charge in [0.25, 0.3) is 0 Å². The summed E-state index contributed by atoms with van der Waals surface area (Å²) in [6.45, 7) is 3.35. The van der Waals surface area contributed by atoms with Gasteiger partial charge in [-0.25, -0.2) is 0 Å². The fourth-order valence-corrected chi connectivity index (χ4v) is 2.85. The summed E-state index contributed by atoms with van der Waals surface area (Å²) >= 11 is -0.625. The second-order valence-electron chi connectivity index (χ2n) is 4.58. The van der Waals surface area contributed by atoms with Crippen molar-refractivity contribution in [2.24, 2.45) is 0 Å². The minimum absolute atomic E-state index is 0.201. The van der Waals surface area contributed by atoms with Crippen LogP contribution in [0.5, 0.6) is 0 Å². The van der Waals surface area contributed by atoms with Crippen LogP contribution in [0.1, 0.15) is 52.4 Å². The molecule has 0 bridgehead atoms. The molecule has 0 aliphatic heterocycles. The lowest BCUT2D eigenvalue weighted by Crippen LogP contribution is -2.25. The van der Waals surface area contributed by atoms with E-state index in [2.05, 4.69) is 4.18 Å². The maximum atomic E-state index is 12.6. The largest absolute Gasteiger partial charge is 0.534 e. The van der Waals surface area contributed by atoms with Crippen LogP contribution in [0, 0.1) is 0 Å². The first-order valence-corrected chi connectivity index (χ1v) is 9.05. The fraction of sp³-hybridized carbons (Fsp3) is 0.833. The van der Waals surface area contributed by atoms with E-state index in [1.165, 1.54) is 0 Å². The molecule has 0 saturated carbocycles. The predicted octanol–water partition coefficient (Wildman–Crippen LogP) is 5.70. The molecule has 0 aromatic heterocycles. The molecule has 0 aromatic carbocycles. The fourth-order valence-electron chi connectivity index (χ4n) is 1.47. The van der Waals surface area contributed by atoms with Crippen molar-refractivity contribution in [2.45, 2.75) is 63.4 Å². The zero-order chi connectivity index (χ0) is 18.3. The zero-order valence-corrected chi connectivity index (χ0v) is 14.2. The van der Waals surface area contributed by atoms with E-state index < -0.39 is 43.6 Å². The van der Waals surface area contributed by atoms with Gasteiger partial charge in [-0.3, -0.25) is 0 Å². The van der Waals surface area contributed by atoms with Gasteiger partial charge in [0.05, 0.1) is 0 Å². The summed E-state index contributed by atoms with van der Waals surface area (Å²) in [5.41, 5.74) is -10.4. The van der Waals surface area contributed by atoms with Crippen molar-refractivity contribution < 1.29 is 38.9 Å². The maximum absolute atomic E-state index is 12.6. The van der Waals surface area contributed by atoms with Crippen molar-refractivity contribution in [2.75, 3.05) is 0 Å². The van der Waals surface area contributed by atoms with Gasteiger partial charge in [-0.1, -0.05) is 26.7 Å². The topological polar surface area (TPSA) is 43.4 Å². The molecule has 0 unspecified atom stereocenters. The Hall–Kier alpha value is -0.580. The Morgan fingerprint density at radius 3 is 1.83 bits per heavy atom. The van der Waals surface area contributed by atoms with Gasteiger partial charge in [0.15, 0.2) is 0 Å². The third kappa shape index (κ3) is 8.73. The molecular weight excluding hydrogens is 370 g/mol. The lowest BCUT2D eigenvalue weighted by molar-refractivity contribution is -0.0523. The third-order valence-electron chi connectivity index (χ3n) is 2.56. The van der Waals surface area contributed by atoms with E-state index in [1.807, 2.05) is 0 Å². The van der Waals surface area contributed by atoms with E-state index in [9.17, 15) is 34.8 Å². The molecule has 0 heterocycles. The Kier molecular flexibility index (Phi) is 8.82. The zero-order valence-electron chi connectivity index (χ0n) is 12.6. The SMILES string of the molecule is CCCC/C(OS(=O)(=O)C(F)(F)F)=C(/CCCC)SC(F)(F)F. The molecule has 0 radical (unpaired) electrons. The number of allylic oxidation sites excluding steroid dienone is 2. The van der Waals surface area contributed by atoms with E-state index in [0.717, 1.165) is 0 Å². The van der Waals surface area contributed by atoms with E-state index in [4.69, 9.17) is 0 Å². The Bertz CT molecular complexity index is 494. The molecular formula is C12H18F6O3S2. The van der Waals surface area contributed by atoms with Gasteiger partial charge in [0.1, 0.15) is 5.76 Å². The maximum Gasteiger partial charge on any atom is 0.534 e. The number of alkyl halides is 6. The summed E-state index contributed by atoms with van der Waals surface area (Å²) in [5.74, 6) is -0.778. The van der Waals surface area contributed by atoms with Crippen molar-refractivity contribution in [3.8, 4) is 0 Å². The average Bonchev–Trinajstić information content (AvgIpc) is 2.36. The van der Waals surface area contributed by atoms with Crippen molar-refractivity contribution in [1.82, 2.24) is 0 Å². The first-order chi connectivity index (χ1) is 10.3. The highest BCUT2D eigenvalue weighted by Gasteiger charge is 2.49. The van der Waals surface area contributed by atoms with E-state index in [0.29, 0.717) is 12.8 Å². The summed E-state index contributed by atoms with van der Waals surface area (Å²) in [4.78, 5) is -0.527. The molecule has 0 aliphatic rings. The number of hydrogen-bond donors (Lipinski definition) is 0. The lowest BCUT2D eigenvalue weighted by Gasteiger charge is -2.17. The van der Waals surface area contributed by atoms with E-state index in [-0.39, 0.29) is 25.7 Å². The molecule has 0 amide bonds. The highest BCUT2D eigenvalue weighted by Crippen LogP contribution is 2.42. The molecule has 138 valence electrons. The first-order valence-electron chi connectivity index (χ1n) is 6.82. The van der Waals surface area contributed by atoms with Crippen molar-refractivity contribution in [3.05, 3.63) is 10.7 Å². The van der Waals surface area contributed by atoms with E-state index >= 15 is 0 Å². The minimum Gasteiger partial charge on any atom is -0.380 e. The molecule has 0 atom stereocenters. The van der Waals surface area contributed by atoms with Crippen LogP contribution in [0.15, 0.2) is 10.7 Å². The van der Waals surface area contributed by atoms with Crippen LogP contribution in [0.3, 0.4) is 0 Å². The van der Waals surface area contributed by atoms with E-state index in [1.54, 1.807) is 13.8 Å². The van der Waals surface area contributed by atoms with Gasteiger partial charge >= 0.3 is 21.1 Å². The Balaban J connectivity index is 5.70. The monoisotopic (exact) mass is 388 g/mol. The molecule has 3 nitrogen and oxygen atoms in total. The molecule has 0 fully saturated rings. The molecule has 0 spiro atoms. The predicted molar refractivity (Wildman–Crippen MR) is 75.8 cm³/mol. The molecule has 11 heteroatoms. The van der Waals surface area contributed by atoms with Crippen molar-refractivity contribution >= 4 is 21.9 Å². The first kappa shape index (κ1) is 22.4. The Morgan fingerprint density at radius 2 is 1.43 bits per heavy atom. The van der Waals surface area contributed by atoms with Gasteiger partial charge in [-0.2, -0.15) is 34.8 Å². The van der Waals surface area contributed by atoms with Gasteiger partial charge in [-0.15, -0.1) is 0 Å². The number of unbranched alkanes of at least 4 members (excludes halogenated alkanes) is 2. The minimum atomic E-state index is -5.99. The summed E-state index contributed by atoms with van der Waals surface area (Å²) < 4.78 is 101. The molecule has 0 aliphatic carbocycles. The lowest BCUT2D eigenvalue weighted by atomic mass is 10.1. The van der Waals surface area contributed by atoms with Crippen LogP contribution >= 0.6 is 11.8 Å². The number of halogens is 6. The molecule has 0 aromatic rings. The quantitative estimate of drug-likeness (QED) is 0.220. The number of hydrogen-bond acceptors (Lipinski definition) is 4. The Morgan fingerprint density at radius 1 is 0.957 bits per heavy atom. The number of rotatable bonds is 9. The highest BCUT2D eigenvalue weighted by atomic mass is 32.2. The molecule has 0 N–H and O–H groups in total. The standard InChI is InChI=1S/C12H18F6O3S2/c1-3-5-7-9(21-23(19,20)12(16,17)18)10(8-6-4-2)22-11(13,14)15/h3-8H2,1-2H3/b10-9+. The van der Waals surface area contributed by atoms with Crippen LogP contribution < -0.4 is 0 Å². The van der Waals surface area contributed by atoms with Crippen LogP contribution in [0.4, 0.5) is 26.3 Å².